The highest BCUT2D eigenvalue weighted by molar-refractivity contribution is 5.89. The molecule has 0 saturated carbocycles. The van der Waals surface area contributed by atoms with Crippen LogP contribution < -0.4 is 11.1 Å². The molecule has 1 aromatic carbocycles. The number of nitrogen functional groups attached to an aromatic ring is 1. The van der Waals surface area contributed by atoms with Gasteiger partial charge in [0.2, 0.25) is 0 Å². The summed E-state index contributed by atoms with van der Waals surface area (Å²) in [5, 5.41) is 2.90. The van der Waals surface area contributed by atoms with Crippen molar-refractivity contribution in [1.82, 2.24) is 4.90 Å². The van der Waals surface area contributed by atoms with E-state index < -0.39 is 0 Å². The van der Waals surface area contributed by atoms with Crippen molar-refractivity contribution in [3.05, 3.63) is 24.3 Å². The Morgan fingerprint density at radius 2 is 2.16 bits per heavy atom. The van der Waals surface area contributed by atoms with E-state index in [2.05, 4.69) is 12.2 Å². The van der Waals surface area contributed by atoms with E-state index in [0.29, 0.717) is 18.8 Å². The summed E-state index contributed by atoms with van der Waals surface area (Å²) in [5.74, 6) is 0. The summed E-state index contributed by atoms with van der Waals surface area (Å²) >= 11 is 0. The SMILES string of the molecule is CCC1COC(C)CN1C(=O)Nc1ccc(N)cc1. The third kappa shape index (κ3) is 3.38. The zero-order chi connectivity index (χ0) is 13.8. The predicted octanol–water partition coefficient (Wildman–Crippen LogP) is 2.30. The molecule has 19 heavy (non-hydrogen) atoms. The third-order valence-electron chi connectivity index (χ3n) is 3.36. The Hall–Kier alpha value is -1.75. The molecule has 2 rings (SSSR count). The minimum atomic E-state index is -0.0771. The number of carbonyl (C=O) groups excluding carboxylic acids is 1. The molecule has 1 aliphatic heterocycles. The van der Waals surface area contributed by atoms with Gasteiger partial charge in [-0.05, 0) is 37.6 Å². The van der Waals surface area contributed by atoms with Crippen LogP contribution in [0, 0.1) is 0 Å². The molecule has 5 heteroatoms. The zero-order valence-corrected chi connectivity index (χ0v) is 11.4. The van der Waals surface area contributed by atoms with Gasteiger partial charge in [-0.25, -0.2) is 4.79 Å². The normalized spacial score (nSPS) is 23.2. The number of urea groups is 1. The summed E-state index contributed by atoms with van der Waals surface area (Å²) in [4.78, 5) is 14.1. The summed E-state index contributed by atoms with van der Waals surface area (Å²) in [6, 6.07) is 7.22. The number of amides is 2. The van der Waals surface area contributed by atoms with Gasteiger partial charge in [-0.3, -0.25) is 0 Å². The highest BCUT2D eigenvalue weighted by Gasteiger charge is 2.29. The molecular weight excluding hydrogens is 242 g/mol. The van der Waals surface area contributed by atoms with E-state index in [1.165, 1.54) is 0 Å². The van der Waals surface area contributed by atoms with Gasteiger partial charge in [0.05, 0.1) is 18.8 Å². The number of anilines is 2. The van der Waals surface area contributed by atoms with E-state index in [9.17, 15) is 4.79 Å². The van der Waals surface area contributed by atoms with E-state index in [0.717, 1.165) is 12.1 Å². The molecular formula is C14H21N3O2. The van der Waals surface area contributed by atoms with E-state index in [1.54, 1.807) is 24.3 Å². The number of rotatable bonds is 2. The minimum Gasteiger partial charge on any atom is -0.399 e. The number of nitrogens with two attached hydrogens (primary N) is 1. The maximum Gasteiger partial charge on any atom is 0.322 e. The Labute approximate surface area is 113 Å². The van der Waals surface area contributed by atoms with Crippen LogP contribution in [-0.2, 0) is 4.74 Å². The molecule has 2 unspecified atom stereocenters. The van der Waals surface area contributed by atoms with Crippen molar-refractivity contribution in [3.63, 3.8) is 0 Å². The second-order valence-corrected chi connectivity index (χ2v) is 4.91. The maximum atomic E-state index is 12.3. The van der Waals surface area contributed by atoms with Gasteiger partial charge < -0.3 is 20.7 Å². The number of morpholine rings is 1. The van der Waals surface area contributed by atoms with Gasteiger partial charge in [0.25, 0.3) is 0 Å². The van der Waals surface area contributed by atoms with Crippen molar-refractivity contribution in [2.24, 2.45) is 0 Å². The average Bonchev–Trinajstić information content (AvgIpc) is 2.41. The molecule has 5 nitrogen and oxygen atoms in total. The quantitative estimate of drug-likeness (QED) is 0.804. The largest absolute Gasteiger partial charge is 0.399 e. The van der Waals surface area contributed by atoms with Crippen molar-refractivity contribution in [1.29, 1.82) is 0 Å². The monoisotopic (exact) mass is 263 g/mol. The molecule has 2 amide bonds. The van der Waals surface area contributed by atoms with E-state index >= 15 is 0 Å². The van der Waals surface area contributed by atoms with Crippen LogP contribution in [0.4, 0.5) is 16.2 Å². The number of nitrogens with one attached hydrogen (secondary N) is 1. The molecule has 1 fully saturated rings. The second kappa shape index (κ2) is 5.93. The van der Waals surface area contributed by atoms with Crippen molar-refractivity contribution >= 4 is 17.4 Å². The van der Waals surface area contributed by atoms with Crippen LogP contribution >= 0.6 is 0 Å². The molecule has 0 bridgehead atoms. The van der Waals surface area contributed by atoms with Crippen molar-refractivity contribution < 1.29 is 9.53 Å². The molecule has 104 valence electrons. The van der Waals surface area contributed by atoms with Crippen LogP contribution in [0.15, 0.2) is 24.3 Å². The van der Waals surface area contributed by atoms with Gasteiger partial charge in [-0.2, -0.15) is 0 Å². The fraction of sp³-hybridized carbons (Fsp3) is 0.500. The summed E-state index contributed by atoms with van der Waals surface area (Å²) in [7, 11) is 0. The molecule has 3 N–H and O–H groups in total. The lowest BCUT2D eigenvalue weighted by molar-refractivity contribution is -0.0357. The average molecular weight is 263 g/mol. The molecule has 0 aromatic heterocycles. The van der Waals surface area contributed by atoms with Crippen molar-refractivity contribution in [2.45, 2.75) is 32.4 Å². The van der Waals surface area contributed by atoms with Crippen molar-refractivity contribution in [3.8, 4) is 0 Å². The Morgan fingerprint density at radius 3 is 2.79 bits per heavy atom. The maximum absolute atomic E-state index is 12.3. The van der Waals surface area contributed by atoms with Crippen molar-refractivity contribution in [2.75, 3.05) is 24.2 Å². The van der Waals surface area contributed by atoms with E-state index in [4.69, 9.17) is 10.5 Å². The molecule has 2 atom stereocenters. The first-order valence-corrected chi connectivity index (χ1v) is 6.65. The Bertz CT molecular complexity index is 433. The molecule has 0 spiro atoms. The van der Waals surface area contributed by atoms with Crippen LogP contribution in [0.5, 0.6) is 0 Å². The lowest BCUT2D eigenvalue weighted by Gasteiger charge is -2.38. The third-order valence-corrected chi connectivity index (χ3v) is 3.36. The van der Waals surface area contributed by atoms with Gasteiger partial charge in [-0.1, -0.05) is 6.92 Å². The Kier molecular flexibility index (Phi) is 4.27. The summed E-state index contributed by atoms with van der Waals surface area (Å²) in [6.07, 6.45) is 0.974. The molecule has 1 aromatic rings. The predicted molar refractivity (Wildman–Crippen MR) is 76.1 cm³/mol. The van der Waals surface area contributed by atoms with E-state index in [1.807, 2.05) is 11.8 Å². The van der Waals surface area contributed by atoms with Crippen LogP contribution in [0.3, 0.4) is 0 Å². The van der Waals surface area contributed by atoms with Gasteiger partial charge in [-0.15, -0.1) is 0 Å². The standard InChI is InChI=1S/C14H21N3O2/c1-3-13-9-19-10(2)8-17(13)14(18)16-12-6-4-11(15)5-7-12/h4-7,10,13H,3,8-9,15H2,1-2H3,(H,16,18). The highest BCUT2D eigenvalue weighted by atomic mass is 16.5. The lowest BCUT2D eigenvalue weighted by Crippen LogP contribution is -2.52. The summed E-state index contributed by atoms with van der Waals surface area (Å²) in [6.45, 7) is 5.27. The van der Waals surface area contributed by atoms with Gasteiger partial charge in [0.15, 0.2) is 0 Å². The van der Waals surface area contributed by atoms with Gasteiger partial charge >= 0.3 is 6.03 Å². The topological polar surface area (TPSA) is 67.6 Å². The van der Waals surface area contributed by atoms with Crippen LogP contribution in [0.25, 0.3) is 0 Å². The first-order chi connectivity index (χ1) is 9.10. The first-order valence-electron chi connectivity index (χ1n) is 6.65. The summed E-state index contributed by atoms with van der Waals surface area (Å²) < 4.78 is 5.59. The lowest BCUT2D eigenvalue weighted by atomic mass is 10.1. The Balaban J connectivity index is 2.03. The number of nitrogens with zero attached hydrogens (tertiary/aromatic N) is 1. The smallest absolute Gasteiger partial charge is 0.322 e. The number of ether oxygens (including phenoxy) is 1. The summed E-state index contributed by atoms with van der Waals surface area (Å²) in [5.41, 5.74) is 7.06. The molecule has 1 heterocycles. The molecule has 1 aliphatic rings. The van der Waals surface area contributed by atoms with Crippen LogP contribution in [0.2, 0.25) is 0 Å². The second-order valence-electron chi connectivity index (χ2n) is 4.91. The Morgan fingerprint density at radius 1 is 1.47 bits per heavy atom. The number of carbonyl (C=O) groups is 1. The van der Waals surface area contributed by atoms with Crippen LogP contribution in [-0.4, -0.2) is 36.2 Å². The minimum absolute atomic E-state index is 0.0771. The molecule has 1 saturated heterocycles. The first kappa shape index (κ1) is 13.7. The van der Waals surface area contributed by atoms with E-state index in [-0.39, 0.29) is 18.2 Å². The molecule has 0 aliphatic carbocycles. The number of hydrogen-bond donors (Lipinski definition) is 2. The van der Waals surface area contributed by atoms with Gasteiger partial charge in [0.1, 0.15) is 0 Å². The fourth-order valence-electron chi connectivity index (χ4n) is 2.19. The van der Waals surface area contributed by atoms with Gasteiger partial charge in [0, 0.05) is 17.9 Å². The zero-order valence-electron chi connectivity index (χ0n) is 11.4. The fourth-order valence-corrected chi connectivity index (χ4v) is 2.19. The number of benzene rings is 1. The number of hydrogen-bond acceptors (Lipinski definition) is 3. The highest BCUT2D eigenvalue weighted by Crippen LogP contribution is 2.17. The molecule has 0 radical (unpaired) electrons. The van der Waals surface area contributed by atoms with Crippen LogP contribution in [0.1, 0.15) is 20.3 Å².